The molecule has 5 heteroatoms. The molecule has 4 nitrogen and oxygen atoms in total. The van der Waals surface area contributed by atoms with Crippen molar-refractivity contribution in [2.45, 2.75) is 0 Å². The van der Waals surface area contributed by atoms with Crippen LogP contribution >= 0.6 is 11.6 Å². The molecule has 0 unspecified atom stereocenters. The van der Waals surface area contributed by atoms with Gasteiger partial charge in [-0.1, -0.05) is 11.6 Å². The van der Waals surface area contributed by atoms with Gasteiger partial charge in [-0.15, -0.1) is 0 Å². The van der Waals surface area contributed by atoms with E-state index in [1.165, 1.54) is 24.4 Å². The predicted molar refractivity (Wildman–Crippen MR) is 67.6 cm³/mol. The first-order valence-corrected chi connectivity index (χ1v) is 5.51. The maximum atomic E-state index is 12.2. The molecular weight excluding hydrogens is 252 g/mol. The lowest BCUT2D eigenvalue weighted by molar-refractivity contribution is 0.0981. The smallest absolute Gasteiger partial charge is 0.249 e. The number of aromatic nitrogens is 1. The Morgan fingerprint density at radius 1 is 1.17 bits per heavy atom. The number of hydrogen-bond donors (Lipinski definition) is 1. The van der Waals surface area contributed by atoms with Crippen molar-refractivity contribution in [1.82, 2.24) is 4.98 Å². The zero-order chi connectivity index (χ0) is 13.1. The Balaban J connectivity index is 2.54. The Hall–Kier alpha value is -2.20. The summed E-state index contributed by atoms with van der Waals surface area (Å²) in [6.45, 7) is 0. The van der Waals surface area contributed by atoms with E-state index in [2.05, 4.69) is 4.98 Å². The molecule has 1 amide bonds. The van der Waals surface area contributed by atoms with E-state index in [9.17, 15) is 9.59 Å². The molecule has 0 spiro atoms. The predicted octanol–water partition coefficient (Wildman–Crippen LogP) is 2.06. The molecule has 0 fully saturated rings. The van der Waals surface area contributed by atoms with Crippen molar-refractivity contribution in [2.24, 2.45) is 5.73 Å². The molecular formula is C13H9ClN2O2. The molecule has 0 saturated heterocycles. The highest BCUT2D eigenvalue weighted by Gasteiger charge is 2.17. The van der Waals surface area contributed by atoms with Crippen LogP contribution in [0.5, 0.6) is 0 Å². The molecule has 90 valence electrons. The summed E-state index contributed by atoms with van der Waals surface area (Å²) in [5.74, 6) is -1.00. The molecule has 0 aliphatic rings. The van der Waals surface area contributed by atoms with Crippen LogP contribution in [0.15, 0.2) is 42.7 Å². The maximum absolute atomic E-state index is 12.2. The van der Waals surface area contributed by atoms with E-state index in [0.717, 1.165) is 0 Å². The van der Waals surface area contributed by atoms with E-state index < -0.39 is 5.91 Å². The van der Waals surface area contributed by atoms with Crippen LogP contribution in [0.2, 0.25) is 5.02 Å². The third kappa shape index (κ3) is 2.38. The Kier molecular flexibility index (Phi) is 3.39. The number of hydrogen-bond acceptors (Lipinski definition) is 3. The number of carbonyl (C=O) groups is 2. The van der Waals surface area contributed by atoms with Gasteiger partial charge >= 0.3 is 0 Å². The summed E-state index contributed by atoms with van der Waals surface area (Å²) in [5.41, 5.74) is 5.94. The van der Waals surface area contributed by atoms with E-state index >= 15 is 0 Å². The van der Waals surface area contributed by atoms with Gasteiger partial charge in [-0.3, -0.25) is 14.6 Å². The number of benzene rings is 1. The Morgan fingerprint density at radius 3 is 2.56 bits per heavy atom. The largest absolute Gasteiger partial charge is 0.366 e. The van der Waals surface area contributed by atoms with Crippen LogP contribution in [0, 0.1) is 0 Å². The molecule has 0 radical (unpaired) electrons. The Labute approximate surface area is 108 Å². The molecule has 0 atom stereocenters. The van der Waals surface area contributed by atoms with Crippen molar-refractivity contribution in [3.8, 4) is 0 Å². The lowest BCUT2D eigenvalue weighted by Crippen LogP contribution is -2.16. The number of nitrogens with zero attached hydrogens (tertiary/aromatic N) is 1. The molecule has 2 rings (SSSR count). The van der Waals surface area contributed by atoms with Crippen molar-refractivity contribution in [3.63, 3.8) is 0 Å². The van der Waals surface area contributed by atoms with E-state index in [0.29, 0.717) is 10.6 Å². The van der Waals surface area contributed by atoms with Crippen LogP contribution in [-0.2, 0) is 0 Å². The third-order valence-corrected chi connectivity index (χ3v) is 2.65. The first-order valence-electron chi connectivity index (χ1n) is 5.13. The summed E-state index contributed by atoms with van der Waals surface area (Å²) in [7, 11) is 0. The van der Waals surface area contributed by atoms with Crippen molar-refractivity contribution < 1.29 is 9.59 Å². The van der Waals surface area contributed by atoms with Gasteiger partial charge in [0.05, 0.1) is 5.56 Å². The number of halogens is 1. The molecule has 2 aromatic rings. The van der Waals surface area contributed by atoms with E-state index in [1.807, 2.05) is 0 Å². The summed E-state index contributed by atoms with van der Waals surface area (Å²) in [4.78, 5) is 27.4. The second-order valence-electron chi connectivity index (χ2n) is 3.62. The number of nitrogens with two attached hydrogens (primary N) is 1. The molecule has 1 aromatic heterocycles. The lowest BCUT2D eigenvalue weighted by Gasteiger charge is -2.06. The van der Waals surface area contributed by atoms with Gasteiger partial charge in [0.15, 0.2) is 5.78 Å². The molecule has 1 aromatic carbocycles. The number of pyridine rings is 1. The number of ketones is 1. The van der Waals surface area contributed by atoms with Crippen molar-refractivity contribution in [3.05, 3.63) is 64.4 Å². The van der Waals surface area contributed by atoms with Gasteiger partial charge in [0, 0.05) is 28.5 Å². The van der Waals surface area contributed by atoms with Crippen LogP contribution in [-0.4, -0.2) is 16.7 Å². The van der Waals surface area contributed by atoms with Crippen LogP contribution < -0.4 is 5.73 Å². The zero-order valence-corrected chi connectivity index (χ0v) is 10.0. The van der Waals surface area contributed by atoms with Crippen LogP contribution in [0.25, 0.3) is 0 Å². The van der Waals surface area contributed by atoms with Crippen LogP contribution in [0.4, 0.5) is 0 Å². The van der Waals surface area contributed by atoms with E-state index in [4.69, 9.17) is 17.3 Å². The number of rotatable bonds is 3. The van der Waals surface area contributed by atoms with Crippen LogP contribution in [0.3, 0.4) is 0 Å². The van der Waals surface area contributed by atoms with Gasteiger partial charge in [-0.25, -0.2) is 0 Å². The second-order valence-corrected chi connectivity index (χ2v) is 4.06. The summed E-state index contributed by atoms with van der Waals surface area (Å²) in [5, 5.41) is 0.368. The van der Waals surface area contributed by atoms with Gasteiger partial charge in [0.2, 0.25) is 5.91 Å². The van der Waals surface area contributed by atoms with Crippen molar-refractivity contribution in [1.29, 1.82) is 0 Å². The standard InChI is InChI=1S/C13H9ClN2O2/c14-9-3-4-10(13(15)18)11(6-9)12(17)8-2-1-5-16-7-8/h1-7H,(H2,15,18). The molecule has 0 aliphatic carbocycles. The molecule has 18 heavy (non-hydrogen) atoms. The molecule has 2 N–H and O–H groups in total. The van der Waals surface area contributed by atoms with E-state index in [1.54, 1.807) is 18.3 Å². The van der Waals surface area contributed by atoms with Gasteiger partial charge in [-0.2, -0.15) is 0 Å². The highest BCUT2D eigenvalue weighted by atomic mass is 35.5. The Morgan fingerprint density at radius 2 is 1.94 bits per heavy atom. The van der Waals surface area contributed by atoms with Gasteiger partial charge in [-0.05, 0) is 30.3 Å². The fourth-order valence-electron chi connectivity index (χ4n) is 1.57. The SMILES string of the molecule is NC(=O)c1ccc(Cl)cc1C(=O)c1cccnc1. The summed E-state index contributed by atoms with van der Waals surface area (Å²) < 4.78 is 0. The van der Waals surface area contributed by atoms with Crippen molar-refractivity contribution >= 4 is 23.3 Å². The number of amides is 1. The van der Waals surface area contributed by atoms with Gasteiger partial charge < -0.3 is 5.73 Å². The average molecular weight is 261 g/mol. The number of carbonyl (C=O) groups excluding carboxylic acids is 2. The highest BCUT2D eigenvalue weighted by Crippen LogP contribution is 2.19. The first kappa shape index (κ1) is 12.3. The first-order chi connectivity index (χ1) is 8.59. The molecule has 0 saturated carbocycles. The minimum atomic E-state index is -0.668. The maximum Gasteiger partial charge on any atom is 0.249 e. The topological polar surface area (TPSA) is 73.1 Å². The fraction of sp³-hybridized carbons (Fsp3) is 0. The second kappa shape index (κ2) is 4.98. The molecule has 1 heterocycles. The quantitative estimate of drug-likeness (QED) is 0.859. The van der Waals surface area contributed by atoms with Gasteiger partial charge in [0.25, 0.3) is 0 Å². The summed E-state index contributed by atoms with van der Waals surface area (Å²) in [6, 6.07) is 7.63. The monoisotopic (exact) mass is 260 g/mol. The molecule has 0 aliphatic heterocycles. The normalized spacial score (nSPS) is 10.1. The third-order valence-electron chi connectivity index (χ3n) is 2.42. The molecule has 0 bridgehead atoms. The number of primary amides is 1. The summed E-state index contributed by atoms with van der Waals surface area (Å²) >= 11 is 5.83. The van der Waals surface area contributed by atoms with Crippen LogP contribution in [0.1, 0.15) is 26.3 Å². The zero-order valence-electron chi connectivity index (χ0n) is 9.26. The minimum absolute atomic E-state index is 0.147. The van der Waals surface area contributed by atoms with Gasteiger partial charge in [0.1, 0.15) is 0 Å². The van der Waals surface area contributed by atoms with E-state index in [-0.39, 0.29) is 16.9 Å². The average Bonchev–Trinajstić information content (AvgIpc) is 2.38. The summed E-state index contributed by atoms with van der Waals surface area (Å²) in [6.07, 6.45) is 2.98. The minimum Gasteiger partial charge on any atom is -0.366 e. The van der Waals surface area contributed by atoms with Crippen molar-refractivity contribution in [2.75, 3.05) is 0 Å². The Bertz CT molecular complexity index is 612. The lowest BCUT2D eigenvalue weighted by atomic mass is 9.99. The fourth-order valence-corrected chi connectivity index (χ4v) is 1.74. The highest BCUT2D eigenvalue weighted by molar-refractivity contribution is 6.31.